The number of hydrogen-bond acceptors (Lipinski definition) is 5. The molecule has 6 nitrogen and oxygen atoms in total. The molecule has 1 amide bonds. The smallest absolute Gasteiger partial charge is 0.305 e. The van der Waals surface area contributed by atoms with Crippen LogP contribution in [0, 0.1) is 0 Å². The molecule has 2 atom stereocenters. The van der Waals surface area contributed by atoms with Crippen LogP contribution < -0.4 is 5.32 Å². The summed E-state index contributed by atoms with van der Waals surface area (Å²) in [5.74, 6) is -0.107. The van der Waals surface area contributed by atoms with Crippen molar-refractivity contribution in [3.8, 4) is 0 Å². The van der Waals surface area contributed by atoms with Gasteiger partial charge in [0.15, 0.2) is 0 Å². The van der Waals surface area contributed by atoms with Crippen molar-refractivity contribution in [2.24, 2.45) is 0 Å². The molecule has 53 heavy (non-hydrogen) atoms. The van der Waals surface area contributed by atoms with Gasteiger partial charge in [0, 0.05) is 12.8 Å². The van der Waals surface area contributed by atoms with E-state index in [-0.39, 0.29) is 18.5 Å². The van der Waals surface area contributed by atoms with Gasteiger partial charge < -0.3 is 20.3 Å². The third-order valence-electron chi connectivity index (χ3n) is 10.5. The summed E-state index contributed by atoms with van der Waals surface area (Å²) in [5, 5.41) is 23.1. The first-order valence-corrected chi connectivity index (χ1v) is 23.1. The van der Waals surface area contributed by atoms with E-state index in [0.29, 0.717) is 25.9 Å². The Morgan fingerprint density at radius 3 is 1.36 bits per heavy atom. The van der Waals surface area contributed by atoms with Crippen LogP contribution in [-0.4, -0.2) is 47.4 Å². The maximum Gasteiger partial charge on any atom is 0.305 e. The summed E-state index contributed by atoms with van der Waals surface area (Å²) in [6.45, 7) is 4.84. The van der Waals surface area contributed by atoms with Gasteiger partial charge >= 0.3 is 5.97 Å². The van der Waals surface area contributed by atoms with Gasteiger partial charge in [-0.15, -0.1) is 0 Å². The van der Waals surface area contributed by atoms with Crippen molar-refractivity contribution in [2.75, 3.05) is 13.2 Å². The van der Waals surface area contributed by atoms with E-state index in [2.05, 4.69) is 43.5 Å². The highest BCUT2D eigenvalue weighted by atomic mass is 16.5. The van der Waals surface area contributed by atoms with E-state index in [4.69, 9.17) is 4.74 Å². The van der Waals surface area contributed by atoms with E-state index < -0.39 is 12.1 Å². The summed E-state index contributed by atoms with van der Waals surface area (Å²) in [4.78, 5) is 24.4. The molecule has 0 saturated heterocycles. The van der Waals surface area contributed by atoms with Crippen molar-refractivity contribution in [1.82, 2.24) is 5.32 Å². The highest BCUT2D eigenvalue weighted by Gasteiger charge is 2.20. The molecule has 0 spiro atoms. The lowest BCUT2D eigenvalue weighted by Crippen LogP contribution is -2.45. The minimum absolute atomic E-state index is 0.0412. The molecule has 312 valence electrons. The number of hydrogen-bond donors (Lipinski definition) is 3. The predicted octanol–water partition coefficient (Wildman–Crippen LogP) is 13.2. The van der Waals surface area contributed by atoms with Crippen LogP contribution in [0.25, 0.3) is 0 Å². The molecule has 0 aromatic carbocycles. The van der Waals surface area contributed by atoms with E-state index in [9.17, 15) is 19.8 Å². The summed E-state index contributed by atoms with van der Waals surface area (Å²) in [5.41, 5.74) is 0. The number of nitrogens with one attached hydrogen (secondary N) is 1. The van der Waals surface area contributed by atoms with Gasteiger partial charge in [0.05, 0.1) is 25.4 Å². The largest absolute Gasteiger partial charge is 0.466 e. The van der Waals surface area contributed by atoms with Crippen LogP contribution in [0.5, 0.6) is 0 Å². The first-order chi connectivity index (χ1) is 26.0. The molecule has 0 aromatic rings. The predicted molar refractivity (Wildman–Crippen MR) is 227 cm³/mol. The van der Waals surface area contributed by atoms with Crippen molar-refractivity contribution in [3.63, 3.8) is 0 Å². The van der Waals surface area contributed by atoms with Gasteiger partial charge in [-0.2, -0.15) is 0 Å². The van der Waals surface area contributed by atoms with Crippen molar-refractivity contribution in [1.29, 1.82) is 0 Å². The van der Waals surface area contributed by atoms with Crippen LogP contribution in [0.2, 0.25) is 0 Å². The van der Waals surface area contributed by atoms with Crippen LogP contribution in [0.3, 0.4) is 0 Å². The molecule has 0 bridgehead atoms. The molecule has 0 fully saturated rings. The quantitative estimate of drug-likeness (QED) is 0.0328. The number of rotatable bonds is 42. The van der Waals surface area contributed by atoms with Crippen LogP contribution in [-0.2, 0) is 14.3 Å². The fraction of sp³-hybridized carbons (Fsp3) is 0.872. The standard InChI is InChI=1S/C47H89NO5/c1-3-5-7-9-11-13-15-17-21-25-29-33-37-41-47(52)53-42-38-34-30-26-22-18-20-24-28-32-36-40-46(51)48-44(43-49)45(50)39-35-31-27-23-19-16-14-12-10-8-6-4-2/h13,15,22,26,44-45,49-50H,3-12,14,16-21,23-25,27-43H2,1-2H3,(H,48,51)/b15-13-,26-22-. The number of carbonyl (C=O) groups excluding carboxylic acids is 2. The van der Waals surface area contributed by atoms with E-state index in [1.807, 2.05) is 0 Å². The number of aliphatic hydroxyl groups excluding tert-OH is 2. The molecule has 0 rings (SSSR count). The maximum atomic E-state index is 12.4. The molecule has 2 unspecified atom stereocenters. The number of esters is 1. The third kappa shape index (κ3) is 39.8. The van der Waals surface area contributed by atoms with E-state index in [1.165, 1.54) is 122 Å². The highest BCUT2D eigenvalue weighted by molar-refractivity contribution is 5.76. The zero-order valence-corrected chi connectivity index (χ0v) is 35.2. The Kier molecular flexibility index (Phi) is 41.7. The Balaban J connectivity index is 3.54. The van der Waals surface area contributed by atoms with Gasteiger partial charge in [-0.05, 0) is 77.0 Å². The second kappa shape index (κ2) is 43.1. The molecule has 0 saturated carbocycles. The first-order valence-electron chi connectivity index (χ1n) is 23.1. The van der Waals surface area contributed by atoms with Crippen LogP contribution >= 0.6 is 0 Å². The van der Waals surface area contributed by atoms with Gasteiger partial charge in [-0.3, -0.25) is 9.59 Å². The summed E-state index contributed by atoms with van der Waals surface area (Å²) in [6, 6.07) is -0.561. The minimum Gasteiger partial charge on any atom is -0.466 e. The van der Waals surface area contributed by atoms with Gasteiger partial charge in [0.1, 0.15) is 0 Å². The molecule has 6 heteroatoms. The van der Waals surface area contributed by atoms with E-state index in [0.717, 1.165) is 83.5 Å². The Hall–Kier alpha value is -1.66. The summed E-state index contributed by atoms with van der Waals surface area (Å²) in [7, 11) is 0. The zero-order chi connectivity index (χ0) is 38.7. The van der Waals surface area contributed by atoms with Crippen LogP contribution in [0.1, 0.15) is 239 Å². The number of allylic oxidation sites excluding steroid dienone is 4. The molecule has 0 aliphatic rings. The second-order valence-electron chi connectivity index (χ2n) is 15.7. The number of aliphatic hydroxyl groups is 2. The molecular weight excluding hydrogens is 659 g/mol. The number of amides is 1. The molecule has 3 N–H and O–H groups in total. The Morgan fingerprint density at radius 2 is 0.887 bits per heavy atom. The normalized spacial score (nSPS) is 12.9. The summed E-state index contributed by atoms with van der Waals surface area (Å²) >= 11 is 0. The lowest BCUT2D eigenvalue weighted by molar-refractivity contribution is -0.143. The lowest BCUT2D eigenvalue weighted by Gasteiger charge is -2.22. The van der Waals surface area contributed by atoms with E-state index in [1.54, 1.807) is 0 Å². The highest BCUT2D eigenvalue weighted by Crippen LogP contribution is 2.15. The number of unbranched alkanes of at least 4 members (excludes halogenated alkanes) is 27. The van der Waals surface area contributed by atoms with Gasteiger partial charge in [-0.25, -0.2) is 0 Å². The average molecular weight is 748 g/mol. The van der Waals surface area contributed by atoms with Gasteiger partial charge in [0.2, 0.25) is 5.91 Å². The van der Waals surface area contributed by atoms with Crippen molar-refractivity contribution in [3.05, 3.63) is 24.3 Å². The lowest BCUT2D eigenvalue weighted by atomic mass is 10.0. The molecule has 0 heterocycles. The molecule has 0 aliphatic heterocycles. The van der Waals surface area contributed by atoms with E-state index >= 15 is 0 Å². The van der Waals surface area contributed by atoms with Crippen LogP contribution in [0.15, 0.2) is 24.3 Å². The van der Waals surface area contributed by atoms with Crippen molar-refractivity contribution in [2.45, 2.75) is 251 Å². The average Bonchev–Trinajstić information content (AvgIpc) is 3.16. The Bertz CT molecular complexity index is 828. The van der Waals surface area contributed by atoms with Crippen LogP contribution in [0.4, 0.5) is 0 Å². The molecule has 0 radical (unpaired) electrons. The maximum absolute atomic E-state index is 12.4. The third-order valence-corrected chi connectivity index (χ3v) is 10.5. The fourth-order valence-corrected chi connectivity index (χ4v) is 6.86. The topological polar surface area (TPSA) is 95.9 Å². The zero-order valence-electron chi connectivity index (χ0n) is 35.2. The molecular formula is C47H89NO5. The monoisotopic (exact) mass is 748 g/mol. The fourth-order valence-electron chi connectivity index (χ4n) is 6.86. The Labute approximate surface area is 329 Å². The second-order valence-corrected chi connectivity index (χ2v) is 15.7. The van der Waals surface area contributed by atoms with Crippen molar-refractivity contribution >= 4 is 11.9 Å². The van der Waals surface area contributed by atoms with Crippen molar-refractivity contribution < 1.29 is 24.5 Å². The summed E-state index contributed by atoms with van der Waals surface area (Å²) in [6.07, 6.45) is 48.5. The van der Waals surface area contributed by atoms with Gasteiger partial charge in [-0.1, -0.05) is 173 Å². The SMILES string of the molecule is CCCCCC/C=C\CCCCCCCC(=O)OCCCC/C=C\CCCCCCCC(=O)NC(CO)C(O)CCCCCCCCCCCCCC. The minimum atomic E-state index is -0.681. The number of carbonyl (C=O) groups is 2. The first kappa shape index (κ1) is 51.3. The Morgan fingerprint density at radius 1 is 0.509 bits per heavy atom. The molecule has 0 aliphatic carbocycles. The van der Waals surface area contributed by atoms with Gasteiger partial charge in [0.25, 0.3) is 0 Å². The number of ether oxygens (including phenoxy) is 1. The molecule has 0 aromatic heterocycles. The summed E-state index contributed by atoms with van der Waals surface area (Å²) < 4.78 is 5.41.